The molecule has 1 aliphatic carbocycles. The lowest BCUT2D eigenvalue weighted by Crippen LogP contribution is -3.22. The van der Waals surface area contributed by atoms with E-state index < -0.39 is 23.3 Å². The predicted molar refractivity (Wildman–Crippen MR) is 103 cm³/mol. The highest BCUT2D eigenvalue weighted by Crippen LogP contribution is 2.48. The maximum absolute atomic E-state index is 13.7. The first-order chi connectivity index (χ1) is 14.1. The number of carbonyl (C=O) groups is 4. The van der Waals surface area contributed by atoms with E-state index in [4.69, 9.17) is 0 Å². The molecule has 0 bridgehead atoms. The third-order valence-electron chi connectivity index (χ3n) is 7.31. The molecule has 1 N–H and O–H groups in total. The highest BCUT2D eigenvalue weighted by atomic mass is 16.2. The van der Waals surface area contributed by atoms with E-state index >= 15 is 0 Å². The summed E-state index contributed by atoms with van der Waals surface area (Å²) in [6, 6.07) is 15.4. The second-order valence-corrected chi connectivity index (χ2v) is 8.39. The molecule has 0 aromatic heterocycles. The summed E-state index contributed by atoms with van der Waals surface area (Å²) in [6.07, 6.45) is 1.59. The number of amides is 2. The van der Waals surface area contributed by atoms with Crippen molar-refractivity contribution in [3.63, 3.8) is 0 Å². The van der Waals surface area contributed by atoms with E-state index in [0.29, 0.717) is 23.4 Å². The predicted octanol–water partition coefficient (Wildman–Crippen LogP) is 0.671. The average Bonchev–Trinajstić information content (AvgIpc) is 3.43. The Balaban J connectivity index is 1.56. The molecule has 3 aliphatic heterocycles. The van der Waals surface area contributed by atoms with E-state index in [0.717, 1.165) is 17.7 Å². The molecule has 4 aliphatic rings. The van der Waals surface area contributed by atoms with Crippen LogP contribution < -0.4 is 9.80 Å². The summed E-state index contributed by atoms with van der Waals surface area (Å²) in [5, 5.41) is 0. The van der Waals surface area contributed by atoms with Gasteiger partial charge in [-0.2, -0.15) is 0 Å². The normalized spacial score (nSPS) is 31.5. The Labute approximate surface area is 167 Å². The quantitative estimate of drug-likeness (QED) is 0.577. The van der Waals surface area contributed by atoms with Crippen LogP contribution in [0.5, 0.6) is 0 Å². The Morgan fingerprint density at radius 3 is 2.10 bits per heavy atom. The van der Waals surface area contributed by atoms with Crippen LogP contribution in [0.2, 0.25) is 0 Å². The molecule has 2 aromatic rings. The first kappa shape index (κ1) is 16.8. The number of hydrogen-bond acceptors (Lipinski definition) is 4. The van der Waals surface area contributed by atoms with Gasteiger partial charge in [-0.3, -0.25) is 19.2 Å². The molecule has 1 spiro atoms. The molecule has 1 unspecified atom stereocenters. The van der Waals surface area contributed by atoms with Crippen LogP contribution in [0.4, 0.5) is 5.69 Å². The van der Waals surface area contributed by atoms with E-state index in [1.165, 1.54) is 4.90 Å². The summed E-state index contributed by atoms with van der Waals surface area (Å²) in [5.74, 6) is -2.82. The molecule has 6 heteroatoms. The lowest BCUT2D eigenvalue weighted by Gasteiger charge is -2.32. The molecule has 3 heterocycles. The van der Waals surface area contributed by atoms with Gasteiger partial charge in [0.15, 0.2) is 0 Å². The summed E-state index contributed by atoms with van der Waals surface area (Å²) in [6.45, 7) is 0.634. The fourth-order valence-corrected chi connectivity index (χ4v) is 6.32. The summed E-state index contributed by atoms with van der Waals surface area (Å²) < 4.78 is 0. The van der Waals surface area contributed by atoms with Gasteiger partial charge in [-0.1, -0.05) is 42.5 Å². The Morgan fingerprint density at radius 2 is 1.45 bits per heavy atom. The van der Waals surface area contributed by atoms with Crippen LogP contribution in [0.3, 0.4) is 0 Å². The number of Topliss-reactive ketones (excluding diaryl/α,β-unsaturated/α-hetero) is 2. The van der Waals surface area contributed by atoms with Gasteiger partial charge in [-0.25, -0.2) is 4.90 Å². The highest BCUT2D eigenvalue weighted by molar-refractivity contribution is 6.36. The molecule has 6 nitrogen and oxygen atoms in total. The van der Waals surface area contributed by atoms with Crippen LogP contribution in [0.1, 0.15) is 33.6 Å². The monoisotopic (exact) mass is 387 g/mol. The van der Waals surface area contributed by atoms with Gasteiger partial charge >= 0.3 is 0 Å². The van der Waals surface area contributed by atoms with Crippen molar-refractivity contribution in [1.29, 1.82) is 0 Å². The molecule has 6 rings (SSSR count). The number of para-hydroxylation sites is 1. The van der Waals surface area contributed by atoms with Gasteiger partial charge in [-0.15, -0.1) is 0 Å². The van der Waals surface area contributed by atoms with Gasteiger partial charge in [0, 0.05) is 24.0 Å². The Kier molecular flexibility index (Phi) is 3.17. The number of nitrogens with zero attached hydrogens (tertiary/aromatic N) is 1. The number of hydrogen-bond donors (Lipinski definition) is 1. The lowest BCUT2D eigenvalue weighted by atomic mass is 9.76. The number of anilines is 1. The first-order valence-corrected chi connectivity index (χ1v) is 10.1. The molecule has 3 saturated heterocycles. The standard InChI is InChI=1S/C23H18N2O4/c26-19-14-9-4-5-10-15(14)20(27)23(19)18-17(16-11-6-12-24(16)23)21(28)25(22(18)29)13-7-2-1-3-8-13/h1-5,7-10,16-18H,6,11-12H2/p+1/t16-,17+,18-/m1/s1. The zero-order valence-electron chi connectivity index (χ0n) is 15.6. The van der Waals surface area contributed by atoms with E-state index in [2.05, 4.69) is 0 Å². The van der Waals surface area contributed by atoms with Crippen LogP contribution in [-0.4, -0.2) is 41.5 Å². The van der Waals surface area contributed by atoms with Crippen molar-refractivity contribution in [1.82, 2.24) is 0 Å². The number of nitrogens with one attached hydrogen (secondary N) is 1. The maximum atomic E-state index is 13.7. The largest absolute Gasteiger partial charge is 0.313 e. The van der Waals surface area contributed by atoms with E-state index in [1.807, 2.05) is 6.07 Å². The number of benzene rings is 2. The van der Waals surface area contributed by atoms with Crippen molar-refractivity contribution >= 4 is 29.1 Å². The highest BCUT2D eigenvalue weighted by Gasteiger charge is 2.80. The van der Waals surface area contributed by atoms with Crippen LogP contribution in [-0.2, 0) is 9.59 Å². The molecule has 0 saturated carbocycles. The van der Waals surface area contributed by atoms with Crippen molar-refractivity contribution in [3.05, 3.63) is 65.7 Å². The molecular weight excluding hydrogens is 368 g/mol. The molecule has 3 fully saturated rings. The van der Waals surface area contributed by atoms with Gasteiger partial charge in [0.2, 0.25) is 28.9 Å². The zero-order valence-corrected chi connectivity index (χ0v) is 15.6. The van der Waals surface area contributed by atoms with Crippen molar-refractivity contribution in [2.24, 2.45) is 11.8 Å². The second kappa shape index (κ2) is 5.48. The van der Waals surface area contributed by atoms with Gasteiger partial charge in [0.25, 0.3) is 0 Å². The zero-order chi connectivity index (χ0) is 19.9. The second-order valence-electron chi connectivity index (χ2n) is 8.39. The van der Waals surface area contributed by atoms with E-state index in [1.54, 1.807) is 48.5 Å². The third-order valence-corrected chi connectivity index (χ3v) is 7.31. The maximum Gasteiger partial charge on any atom is 0.245 e. The minimum absolute atomic E-state index is 0.174. The molecule has 4 atom stereocenters. The summed E-state index contributed by atoms with van der Waals surface area (Å²) in [7, 11) is 0. The third kappa shape index (κ3) is 1.77. The minimum Gasteiger partial charge on any atom is -0.313 e. The number of fused-ring (bicyclic) bond motifs is 6. The summed E-state index contributed by atoms with van der Waals surface area (Å²) in [4.78, 5) is 56.5. The molecule has 144 valence electrons. The Bertz CT molecular complexity index is 1070. The van der Waals surface area contributed by atoms with Gasteiger partial charge in [0.05, 0.1) is 12.2 Å². The molecular formula is C23H19N2O4+. The van der Waals surface area contributed by atoms with E-state index in [-0.39, 0.29) is 23.5 Å². The number of imide groups is 1. The molecule has 0 radical (unpaired) electrons. The van der Waals surface area contributed by atoms with Crippen LogP contribution in [0, 0.1) is 11.8 Å². The minimum atomic E-state index is -1.49. The first-order valence-electron chi connectivity index (χ1n) is 10.1. The number of rotatable bonds is 1. The summed E-state index contributed by atoms with van der Waals surface area (Å²) >= 11 is 0. The van der Waals surface area contributed by atoms with Crippen molar-refractivity contribution in [3.8, 4) is 0 Å². The number of quaternary nitrogens is 1. The fourth-order valence-electron chi connectivity index (χ4n) is 6.32. The van der Waals surface area contributed by atoms with Gasteiger partial charge in [0.1, 0.15) is 17.9 Å². The smallest absolute Gasteiger partial charge is 0.245 e. The lowest BCUT2D eigenvalue weighted by molar-refractivity contribution is -0.930. The van der Waals surface area contributed by atoms with Crippen LogP contribution in [0.15, 0.2) is 54.6 Å². The SMILES string of the molecule is O=C1[C@H]2[C@H]3CCC[NH+]3C3(C(=O)c4ccccc4C3=O)[C@H]2C(=O)N1c1ccccc1. The Hall–Kier alpha value is -3.12. The topological polar surface area (TPSA) is 76.0 Å². The average molecular weight is 387 g/mol. The fraction of sp³-hybridized carbons (Fsp3) is 0.304. The van der Waals surface area contributed by atoms with Crippen molar-refractivity contribution in [2.75, 3.05) is 11.4 Å². The van der Waals surface area contributed by atoms with Gasteiger partial charge in [-0.05, 0) is 12.1 Å². The van der Waals surface area contributed by atoms with Crippen LogP contribution >= 0.6 is 0 Å². The number of ketones is 2. The number of carbonyl (C=O) groups excluding carboxylic acids is 4. The molecule has 29 heavy (non-hydrogen) atoms. The molecule has 2 amide bonds. The van der Waals surface area contributed by atoms with E-state index in [9.17, 15) is 19.2 Å². The van der Waals surface area contributed by atoms with Crippen molar-refractivity contribution < 1.29 is 24.1 Å². The van der Waals surface area contributed by atoms with Crippen LogP contribution in [0.25, 0.3) is 0 Å². The Morgan fingerprint density at radius 1 is 0.828 bits per heavy atom. The molecule has 2 aromatic carbocycles. The summed E-state index contributed by atoms with van der Waals surface area (Å²) in [5.41, 5.74) is -0.224. The van der Waals surface area contributed by atoms with Crippen molar-refractivity contribution in [2.45, 2.75) is 24.4 Å². The van der Waals surface area contributed by atoms with Gasteiger partial charge < -0.3 is 4.90 Å².